The lowest BCUT2D eigenvalue weighted by Gasteiger charge is -2.29. The second-order valence-corrected chi connectivity index (χ2v) is 3.25. The summed E-state index contributed by atoms with van der Waals surface area (Å²) >= 11 is 0. The van der Waals surface area contributed by atoms with E-state index < -0.39 is 0 Å². The summed E-state index contributed by atoms with van der Waals surface area (Å²) in [6.07, 6.45) is 5.19. The van der Waals surface area contributed by atoms with Crippen LogP contribution in [0.15, 0.2) is 18.6 Å². The fourth-order valence-corrected chi connectivity index (χ4v) is 1.31. The Labute approximate surface area is 77.4 Å². The Kier molecular flexibility index (Phi) is 2.52. The molecule has 13 heavy (non-hydrogen) atoms. The minimum atomic E-state index is 0.252. The molecule has 1 aliphatic heterocycles. The van der Waals surface area contributed by atoms with E-state index in [9.17, 15) is 0 Å². The van der Waals surface area contributed by atoms with E-state index in [0.29, 0.717) is 6.04 Å². The third-order valence-corrected chi connectivity index (χ3v) is 2.15. The second kappa shape index (κ2) is 3.81. The quantitative estimate of drug-likeness (QED) is 0.735. The van der Waals surface area contributed by atoms with Gasteiger partial charge in [0.2, 0.25) is 0 Å². The molecule has 4 nitrogen and oxygen atoms in total. The highest BCUT2D eigenvalue weighted by molar-refractivity contribution is 5.01. The molecular formula is C9H13N3O. The summed E-state index contributed by atoms with van der Waals surface area (Å²) < 4.78 is 5.07. The highest BCUT2D eigenvalue weighted by Gasteiger charge is 2.20. The molecule has 1 atom stereocenters. The van der Waals surface area contributed by atoms with Crippen LogP contribution in [0.5, 0.6) is 0 Å². The Morgan fingerprint density at radius 1 is 1.54 bits per heavy atom. The summed E-state index contributed by atoms with van der Waals surface area (Å²) in [5.41, 5.74) is 0.981. The average Bonchev–Trinajstić information content (AvgIpc) is 2.12. The van der Waals surface area contributed by atoms with Crippen molar-refractivity contribution in [3.05, 3.63) is 24.3 Å². The Morgan fingerprint density at radius 3 is 2.92 bits per heavy atom. The Hall–Kier alpha value is -1.00. The lowest BCUT2D eigenvalue weighted by Crippen LogP contribution is -2.46. The number of nitrogens with one attached hydrogen (secondary N) is 1. The van der Waals surface area contributed by atoms with Crippen molar-refractivity contribution in [2.75, 3.05) is 13.2 Å². The maximum atomic E-state index is 5.07. The van der Waals surface area contributed by atoms with Crippen molar-refractivity contribution in [3.63, 3.8) is 0 Å². The van der Waals surface area contributed by atoms with Crippen molar-refractivity contribution in [2.45, 2.75) is 19.0 Å². The number of hydrogen-bond donors (Lipinski definition) is 1. The van der Waals surface area contributed by atoms with Gasteiger partial charge in [-0.25, -0.2) is 0 Å². The molecule has 0 spiro atoms. The van der Waals surface area contributed by atoms with Crippen LogP contribution in [-0.2, 0) is 4.74 Å². The van der Waals surface area contributed by atoms with Gasteiger partial charge >= 0.3 is 0 Å². The molecule has 1 aromatic heterocycles. The van der Waals surface area contributed by atoms with E-state index >= 15 is 0 Å². The van der Waals surface area contributed by atoms with Crippen LogP contribution in [0.3, 0.4) is 0 Å². The predicted octanol–water partition coefficient (Wildman–Crippen LogP) is 0.526. The molecule has 0 aromatic carbocycles. The van der Waals surface area contributed by atoms with E-state index in [-0.39, 0.29) is 6.04 Å². The lowest BCUT2D eigenvalue weighted by atomic mass is 10.2. The maximum absolute atomic E-state index is 5.07. The number of hydrogen-bond acceptors (Lipinski definition) is 4. The standard InChI is InChI=1S/C9H13N3O/c1-7(12-8-5-13-6-8)9-4-10-2-3-11-9/h2-4,7-8,12H,5-6H2,1H3. The fraction of sp³-hybridized carbons (Fsp3) is 0.556. The van der Waals surface area contributed by atoms with Gasteiger partial charge in [0.15, 0.2) is 0 Å². The van der Waals surface area contributed by atoms with E-state index in [1.165, 1.54) is 0 Å². The molecule has 70 valence electrons. The molecule has 0 radical (unpaired) electrons. The first-order chi connectivity index (χ1) is 6.36. The van der Waals surface area contributed by atoms with Crippen molar-refractivity contribution in [3.8, 4) is 0 Å². The number of rotatable bonds is 3. The molecule has 1 aromatic rings. The normalized spacial score (nSPS) is 19.5. The first-order valence-electron chi connectivity index (χ1n) is 4.46. The third kappa shape index (κ3) is 2.02. The molecule has 1 saturated heterocycles. The van der Waals surface area contributed by atoms with Gasteiger partial charge in [0.05, 0.1) is 24.9 Å². The van der Waals surface area contributed by atoms with Gasteiger partial charge in [0, 0.05) is 24.6 Å². The molecule has 1 aliphatic rings. The maximum Gasteiger partial charge on any atom is 0.0753 e. The predicted molar refractivity (Wildman–Crippen MR) is 48.2 cm³/mol. The molecule has 4 heteroatoms. The van der Waals surface area contributed by atoms with Crippen LogP contribution < -0.4 is 5.32 Å². The van der Waals surface area contributed by atoms with Crippen molar-refractivity contribution in [1.82, 2.24) is 15.3 Å². The average molecular weight is 179 g/mol. The molecule has 0 saturated carbocycles. The molecule has 0 aliphatic carbocycles. The Bertz CT molecular complexity index is 261. The molecule has 1 fully saturated rings. The van der Waals surface area contributed by atoms with Gasteiger partial charge in [0.25, 0.3) is 0 Å². The van der Waals surface area contributed by atoms with Gasteiger partial charge in [-0.2, -0.15) is 0 Å². The number of aromatic nitrogens is 2. The van der Waals surface area contributed by atoms with Crippen molar-refractivity contribution in [1.29, 1.82) is 0 Å². The molecule has 1 unspecified atom stereocenters. The minimum Gasteiger partial charge on any atom is -0.378 e. The molecular weight excluding hydrogens is 166 g/mol. The van der Waals surface area contributed by atoms with E-state index in [4.69, 9.17) is 4.74 Å². The van der Waals surface area contributed by atoms with Crippen molar-refractivity contribution >= 4 is 0 Å². The zero-order valence-corrected chi connectivity index (χ0v) is 7.60. The zero-order valence-electron chi connectivity index (χ0n) is 7.60. The van der Waals surface area contributed by atoms with Crippen LogP contribution in [0.1, 0.15) is 18.7 Å². The van der Waals surface area contributed by atoms with E-state index in [0.717, 1.165) is 18.9 Å². The summed E-state index contributed by atoms with van der Waals surface area (Å²) in [6.45, 7) is 3.71. The SMILES string of the molecule is CC(NC1COC1)c1cnccn1. The smallest absolute Gasteiger partial charge is 0.0753 e. The first kappa shape index (κ1) is 8.59. The summed E-state index contributed by atoms with van der Waals surface area (Å²) in [5.74, 6) is 0. The van der Waals surface area contributed by atoms with Gasteiger partial charge in [-0.1, -0.05) is 0 Å². The first-order valence-corrected chi connectivity index (χ1v) is 4.46. The van der Waals surface area contributed by atoms with Crippen molar-refractivity contribution < 1.29 is 4.74 Å². The van der Waals surface area contributed by atoms with Gasteiger partial charge in [-0.15, -0.1) is 0 Å². The van der Waals surface area contributed by atoms with Gasteiger partial charge in [-0.3, -0.25) is 9.97 Å². The van der Waals surface area contributed by atoms with Gasteiger partial charge < -0.3 is 10.1 Å². The molecule has 0 bridgehead atoms. The Balaban J connectivity index is 1.92. The molecule has 2 heterocycles. The molecule has 0 amide bonds. The Morgan fingerprint density at radius 2 is 2.38 bits per heavy atom. The number of ether oxygens (including phenoxy) is 1. The highest BCUT2D eigenvalue weighted by atomic mass is 16.5. The van der Waals surface area contributed by atoms with Crippen LogP contribution in [0.4, 0.5) is 0 Å². The minimum absolute atomic E-state index is 0.252. The largest absolute Gasteiger partial charge is 0.378 e. The van der Waals surface area contributed by atoms with Crippen LogP contribution in [0.25, 0.3) is 0 Å². The van der Waals surface area contributed by atoms with E-state index in [2.05, 4.69) is 22.2 Å². The summed E-state index contributed by atoms with van der Waals surface area (Å²) in [4.78, 5) is 8.25. The zero-order chi connectivity index (χ0) is 9.10. The summed E-state index contributed by atoms with van der Waals surface area (Å²) in [7, 11) is 0. The lowest BCUT2D eigenvalue weighted by molar-refractivity contribution is -0.00945. The third-order valence-electron chi connectivity index (χ3n) is 2.15. The van der Waals surface area contributed by atoms with Crippen LogP contribution >= 0.6 is 0 Å². The summed E-state index contributed by atoms with van der Waals surface area (Å²) in [5, 5.41) is 3.41. The van der Waals surface area contributed by atoms with E-state index in [1.54, 1.807) is 18.6 Å². The highest BCUT2D eigenvalue weighted by Crippen LogP contribution is 2.10. The second-order valence-electron chi connectivity index (χ2n) is 3.25. The van der Waals surface area contributed by atoms with Crippen LogP contribution in [0.2, 0.25) is 0 Å². The topological polar surface area (TPSA) is 47.0 Å². The molecule has 2 rings (SSSR count). The van der Waals surface area contributed by atoms with Crippen LogP contribution in [-0.4, -0.2) is 29.2 Å². The van der Waals surface area contributed by atoms with E-state index in [1.807, 2.05) is 0 Å². The molecule has 1 N–H and O–H groups in total. The van der Waals surface area contributed by atoms with Gasteiger partial charge in [-0.05, 0) is 6.92 Å². The fourth-order valence-electron chi connectivity index (χ4n) is 1.31. The van der Waals surface area contributed by atoms with Crippen LogP contribution in [0, 0.1) is 0 Å². The van der Waals surface area contributed by atoms with Gasteiger partial charge in [0.1, 0.15) is 0 Å². The summed E-state index contributed by atoms with van der Waals surface area (Å²) in [6, 6.07) is 0.736. The monoisotopic (exact) mass is 179 g/mol. The number of nitrogens with zero attached hydrogens (tertiary/aromatic N) is 2. The van der Waals surface area contributed by atoms with Crippen molar-refractivity contribution in [2.24, 2.45) is 0 Å².